The van der Waals surface area contributed by atoms with E-state index in [4.69, 9.17) is 13.6 Å². The van der Waals surface area contributed by atoms with Crippen molar-refractivity contribution < 1.29 is 18.4 Å². The van der Waals surface area contributed by atoms with Gasteiger partial charge in [-0.2, -0.15) is 0 Å². The van der Waals surface area contributed by atoms with Crippen molar-refractivity contribution in [1.82, 2.24) is 4.90 Å². The molecule has 0 saturated carbocycles. The van der Waals surface area contributed by atoms with E-state index in [1.807, 2.05) is 19.1 Å². The largest absolute Gasteiger partial charge is 0.467 e. The zero-order chi connectivity index (χ0) is 15.5. The van der Waals surface area contributed by atoms with Crippen molar-refractivity contribution in [3.05, 3.63) is 46.2 Å². The van der Waals surface area contributed by atoms with Crippen LogP contribution < -0.4 is 0 Å². The second-order valence-corrected chi connectivity index (χ2v) is 6.24. The monoisotopic (exact) mass is 367 g/mol. The first kappa shape index (κ1) is 15.4. The number of furan rings is 2. The Morgan fingerprint density at radius 3 is 2.95 bits per heavy atom. The van der Waals surface area contributed by atoms with Gasteiger partial charge in [-0.05, 0) is 53.9 Å². The van der Waals surface area contributed by atoms with Crippen molar-refractivity contribution in [2.45, 2.75) is 32.4 Å². The van der Waals surface area contributed by atoms with E-state index in [1.54, 1.807) is 17.2 Å². The van der Waals surface area contributed by atoms with Gasteiger partial charge in [0.25, 0.3) is 5.91 Å². The molecule has 1 fully saturated rings. The fourth-order valence-corrected chi connectivity index (χ4v) is 3.15. The smallest absolute Gasteiger partial charge is 0.290 e. The third-order valence-corrected chi connectivity index (χ3v) is 4.13. The van der Waals surface area contributed by atoms with Crippen molar-refractivity contribution in [3.8, 4) is 0 Å². The summed E-state index contributed by atoms with van der Waals surface area (Å²) in [5.41, 5.74) is 0.814. The molecule has 3 heterocycles. The van der Waals surface area contributed by atoms with Crippen LogP contribution in [0, 0.1) is 6.92 Å². The molecule has 1 unspecified atom stereocenters. The highest BCUT2D eigenvalue weighted by molar-refractivity contribution is 9.10. The second-order valence-electron chi connectivity index (χ2n) is 5.46. The van der Waals surface area contributed by atoms with E-state index in [0.717, 1.165) is 30.8 Å². The van der Waals surface area contributed by atoms with E-state index in [-0.39, 0.29) is 12.0 Å². The third kappa shape index (κ3) is 3.44. The highest BCUT2D eigenvalue weighted by Crippen LogP contribution is 2.23. The van der Waals surface area contributed by atoms with Crippen LogP contribution in [0.15, 0.2) is 38.0 Å². The molecule has 0 N–H and O–H groups in total. The molecule has 1 aliphatic heterocycles. The van der Waals surface area contributed by atoms with Gasteiger partial charge in [0.15, 0.2) is 10.4 Å². The molecule has 2 aromatic heterocycles. The lowest BCUT2D eigenvalue weighted by molar-refractivity contribution is 0.0466. The Morgan fingerprint density at radius 1 is 1.50 bits per heavy atom. The lowest BCUT2D eigenvalue weighted by Gasteiger charge is -2.24. The summed E-state index contributed by atoms with van der Waals surface area (Å²) in [7, 11) is 0. The number of rotatable bonds is 5. The van der Waals surface area contributed by atoms with Gasteiger partial charge in [0.2, 0.25) is 0 Å². The summed E-state index contributed by atoms with van der Waals surface area (Å²) in [6.45, 7) is 3.57. The number of nitrogens with zero attached hydrogens (tertiary/aromatic N) is 1. The molecule has 5 nitrogen and oxygen atoms in total. The first-order valence-corrected chi connectivity index (χ1v) is 8.12. The maximum atomic E-state index is 12.8. The minimum atomic E-state index is -0.143. The van der Waals surface area contributed by atoms with Gasteiger partial charge in [-0.25, -0.2) is 0 Å². The summed E-state index contributed by atoms with van der Waals surface area (Å²) < 4.78 is 17.1. The van der Waals surface area contributed by atoms with Gasteiger partial charge < -0.3 is 18.5 Å². The fourth-order valence-electron chi connectivity index (χ4n) is 2.64. The van der Waals surface area contributed by atoms with E-state index in [0.29, 0.717) is 23.5 Å². The molecule has 0 aliphatic carbocycles. The van der Waals surface area contributed by atoms with Crippen molar-refractivity contribution in [2.75, 3.05) is 13.2 Å². The predicted molar refractivity (Wildman–Crippen MR) is 83.6 cm³/mol. The summed E-state index contributed by atoms with van der Waals surface area (Å²) >= 11 is 3.27. The highest BCUT2D eigenvalue weighted by atomic mass is 79.9. The Morgan fingerprint density at radius 2 is 2.36 bits per heavy atom. The first-order valence-electron chi connectivity index (χ1n) is 7.32. The van der Waals surface area contributed by atoms with Gasteiger partial charge in [0.05, 0.1) is 18.9 Å². The predicted octanol–water partition coefficient (Wildman–Crippen LogP) is 3.76. The Kier molecular flexibility index (Phi) is 4.69. The van der Waals surface area contributed by atoms with Crippen LogP contribution in [0.25, 0.3) is 0 Å². The molecule has 0 spiro atoms. The number of amides is 1. The molecular weight excluding hydrogens is 350 g/mol. The Hall–Kier alpha value is -1.53. The SMILES string of the molecule is Cc1cc(Br)oc1C(=O)N(Cc1ccco1)CC1CCCO1. The molecule has 6 heteroatoms. The van der Waals surface area contributed by atoms with Gasteiger partial charge in [-0.15, -0.1) is 0 Å². The molecule has 22 heavy (non-hydrogen) atoms. The van der Waals surface area contributed by atoms with Gasteiger partial charge in [0.1, 0.15) is 5.76 Å². The molecule has 2 aromatic rings. The number of hydrogen-bond acceptors (Lipinski definition) is 4. The Labute approximate surface area is 137 Å². The van der Waals surface area contributed by atoms with Crippen LogP contribution in [0.2, 0.25) is 0 Å². The molecule has 3 rings (SSSR count). The Balaban J connectivity index is 1.79. The minimum absolute atomic E-state index is 0.0811. The number of aryl methyl sites for hydroxylation is 1. The first-order chi connectivity index (χ1) is 10.6. The molecular formula is C16H18BrNO4. The van der Waals surface area contributed by atoms with Crippen molar-refractivity contribution >= 4 is 21.8 Å². The van der Waals surface area contributed by atoms with E-state index < -0.39 is 0 Å². The standard InChI is InChI=1S/C16H18BrNO4/c1-11-8-14(17)22-15(11)16(19)18(9-12-4-2-6-20-12)10-13-5-3-7-21-13/h2,4,6,8,13H,3,5,7,9-10H2,1H3. The minimum Gasteiger partial charge on any atom is -0.467 e. The zero-order valence-corrected chi connectivity index (χ0v) is 14.0. The van der Waals surface area contributed by atoms with Crippen LogP contribution in [-0.4, -0.2) is 30.1 Å². The van der Waals surface area contributed by atoms with E-state index in [2.05, 4.69) is 15.9 Å². The summed E-state index contributed by atoms with van der Waals surface area (Å²) in [4.78, 5) is 14.5. The molecule has 1 atom stereocenters. The topological polar surface area (TPSA) is 55.8 Å². The molecule has 0 radical (unpaired) electrons. The van der Waals surface area contributed by atoms with Crippen molar-refractivity contribution in [1.29, 1.82) is 0 Å². The lowest BCUT2D eigenvalue weighted by Crippen LogP contribution is -2.37. The van der Waals surface area contributed by atoms with Gasteiger partial charge >= 0.3 is 0 Å². The maximum absolute atomic E-state index is 12.8. The number of ether oxygens (including phenoxy) is 1. The molecule has 118 valence electrons. The molecule has 0 bridgehead atoms. The Bertz CT molecular complexity index is 629. The average Bonchev–Trinajstić information content (AvgIpc) is 3.20. The van der Waals surface area contributed by atoms with E-state index >= 15 is 0 Å². The average molecular weight is 368 g/mol. The normalized spacial score (nSPS) is 17.8. The molecule has 1 saturated heterocycles. The molecule has 0 aromatic carbocycles. The highest BCUT2D eigenvalue weighted by Gasteiger charge is 2.27. The zero-order valence-electron chi connectivity index (χ0n) is 12.4. The molecule has 1 amide bonds. The quantitative estimate of drug-likeness (QED) is 0.806. The van der Waals surface area contributed by atoms with Crippen LogP contribution in [0.5, 0.6) is 0 Å². The number of halogens is 1. The number of carbonyl (C=O) groups excluding carboxylic acids is 1. The van der Waals surface area contributed by atoms with Crippen LogP contribution in [0.1, 0.15) is 34.7 Å². The van der Waals surface area contributed by atoms with Crippen LogP contribution >= 0.6 is 15.9 Å². The van der Waals surface area contributed by atoms with Crippen molar-refractivity contribution in [2.24, 2.45) is 0 Å². The van der Waals surface area contributed by atoms with E-state index in [1.165, 1.54) is 0 Å². The number of hydrogen-bond donors (Lipinski definition) is 0. The fraction of sp³-hybridized carbons (Fsp3) is 0.438. The second kappa shape index (κ2) is 6.71. The van der Waals surface area contributed by atoms with Crippen molar-refractivity contribution in [3.63, 3.8) is 0 Å². The summed E-state index contributed by atoms with van der Waals surface area (Å²) in [6, 6.07) is 5.48. The molecule has 1 aliphatic rings. The van der Waals surface area contributed by atoms with Crippen LogP contribution in [-0.2, 0) is 11.3 Å². The lowest BCUT2D eigenvalue weighted by atomic mass is 10.2. The number of carbonyl (C=O) groups is 1. The van der Waals surface area contributed by atoms with Gasteiger partial charge in [-0.1, -0.05) is 0 Å². The van der Waals surface area contributed by atoms with E-state index in [9.17, 15) is 4.79 Å². The summed E-state index contributed by atoms with van der Waals surface area (Å²) in [5.74, 6) is 0.959. The van der Waals surface area contributed by atoms with Crippen LogP contribution in [0.3, 0.4) is 0 Å². The van der Waals surface area contributed by atoms with Gasteiger partial charge in [-0.3, -0.25) is 4.79 Å². The van der Waals surface area contributed by atoms with Gasteiger partial charge in [0, 0.05) is 18.7 Å². The summed E-state index contributed by atoms with van der Waals surface area (Å²) in [5, 5.41) is 0. The maximum Gasteiger partial charge on any atom is 0.290 e. The third-order valence-electron chi connectivity index (χ3n) is 3.74. The summed E-state index contributed by atoms with van der Waals surface area (Å²) in [6.07, 6.45) is 3.71. The van der Waals surface area contributed by atoms with Crippen LogP contribution in [0.4, 0.5) is 0 Å².